The lowest BCUT2D eigenvalue weighted by Gasteiger charge is -2.35. The Bertz CT molecular complexity index is 762. The van der Waals surface area contributed by atoms with E-state index in [-0.39, 0.29) is 0 Å². The Balaban J connectivity index is 1.13. The van der Waals surface area contributed by atoms with Crippen LogP contribution in [-0.2, 0) is 11.3 Å². The van der Waals surface area contributed by atoms with E-state index in [0.29, 0.717) is 11.8 Å². The van der Waals surface area contributed by atoms with E-state index >= 15 is 0 Å². The lowest BCUT2D eigenvalue weighted by atomic mass is 9.86. The third kappa shape index (κ3) is 3.27. The van der Waals surface area contributed by atoms with Gasteiger partial charge in [0, 0.05) is 32.6 Å². The van der Waals surface area contributed by atoms with Crippen LogP contribution < -0.4 is 0 Å². The van der Waals surface area contributed by atoms with Gasteiger partial charge in [0.2, 0.25) is 5.91 Å². The number of aromatic nitrogens is 1. The number of amides is 1. The Morgan fingerprint density at radius 1 is 1.12 bits per heavy atom. The number of nitrogens with zero attached hydrogens (tertiary/aromatic N) is 3. The molecule has 4 nitrogen and oxygen atoms in total. The number of hydrogen-bond acceptors (Lipinski definition) is 4. The third-order valence-electron chi connectivity index (χ3n) is 6.74. The summed E-state index contributed by atoms with van der Waals surface area (Å²) in [6.07, 6.45) is 6.30. The summed E-state index contributed by atoms with van der Waals surface area (Å²) in [6.45, 7) is 4.61. The van der Waals surface area contributed by atoms with Crippen molar-refractivity contribution in [2.45, 2.75) is 38.6 Å². The second kappa shape index (κ2) is 6.93. The zero-order valence-electron chi connectivity index (χ0n) is 15.3. The highest BCUT2D eigenvalue weighted by Gasteiger charge is 2.40. The maximum atomic E-state index is 12.7. The molecule has 3 aliphatic rings. The molecule has 1 saturated heterocycles. The minimum atomic E-state index is 0.405. The zero-order valence-corrected chi connectivity index (χ0v) is 16.1. The number of hydrogen-bond donors (Lipinski definition) is 0. The Labute approximate surface area is 159 Å². The van der Waals surface area contributed by atoms with Gasteiger partial charge in [-0.1, -0.05) is 18.6 Å². The van der Waals surface area contributed by atoms with E-state index < -0.39 is 0 Å². The molecule has 2 saturated carbocycles. The van der Waals surface area contributed by atoms with E-state index in [1.165, 1.54) is 35.4 Å². The largest absolute Gasteiger partial charge is 0.340 e. The van der Waals surface area contributed by atoms with Gasteiger partial charge in [-0.3, -0.25) is 9.69 Å². The molecule has 0 radical (unpaired) electrons. The van der Waals surface area contributed by atoms with Crippen molar-refractivity contribution in [2.24, 2.45) is 17.8 Å². The van der Waals surface area contributed by atoms with E-state index in [1.54, 1.807) is 11.3 Å². The van der Waals surface area contributed by atoms with E-state index in [0.717, 1.165) is 56.5 Å². The molecule has 2 aliphatic carbocycles. The molecule has 1 amide bonds. The van der Waals surface area contributed by atoms with Crippen molar-refractivity contribution >= 4 is 27.5 Å². The first kappa shape index (κ1) is 16.7. The van der Waals surface area contributed by atoms with Gasteiger partial charge in [0.1, 0.15) is 5.01 Å². The maximum absolute atomic E-state index is 12.7. The van der Waals surface area contributed by atoms with Crippen molar-refractivity contribution in [3.63, 3.8) is 0 Å². The summed E-state index contributed by atoms with van der Waals surface area (Å²) in [4.78, 5) is 22.0. The monoisotopic (exact) mass is 369 g/mol. The first-order chi connectivity index (χ1) is 12.7. The van der Waals surface area contributed by atoms with Crippen LogP contribution in [0.5, 0.6) is 0 Å². The number of fused-ring (bicyclic) bond motifs is 3. The quantitative estimate of drug-likeness (QED) is 0.823. The minimum Gasteiger partial charge on any atom is -0.340 e. The molecule has 5 heteroatoms. The molecular formula is C21H27N3OS. The molecule has 5 rings (SSSR count). The van der Waals surface area contributed by atoms with Gasteiger partial charge < -0.3 is 4.90 Å². The average molecular weight is 370 g/mol. The number of thiazole rings is 1. The lowest BCUT2D eigenvalue weighted by molar-refractivity contribution is -0.134. The topological polar surface area (TPSA) is 36.4 Å². The summed E-state index contributed by atoms with van der Waals surface area (Å²) in [5.74, 6) is 2.87. The van der Waals surface area contributed by atoms with E-state index in [2.05, 4.69) is 28.0 Å². The van der Waals surface area contributed by atoms with Gasteiger partial charge in [-0.2, -0.15) is 0 Å². The van der Waals surface area contributed by atoms with E-state index in [1.807, 2.05) is 6.07 Å². The van der Waals surface area contributed by atoms with Crippen molar-refractivity contribution in [2.75, 3.05) is 26.2 Å². The van der Waals surface area contributed by atoms with Crippen LogP contribution in [0.4, 0.5) is 0 Å². The van der Waals surface area contributed by atoms with Crippen LogP contribution in [0.1, 0.15) is 37.1 Å². The van der Waals surface area contributed by atoms with Crippen LogP contribution in [0.2, 0.25) is 0 Å². The number of benzene rings is 1. The van der Waals surface area contributed by atoms with Gasteiger partial charge >= 0.3 is 0 Å². The Morgan fingerprint density at radius 2 is 1.96 bits per heavy atom. The van der Waals surface area contributed by atoms with Crippen LogP contribution in [0, 0.1) is 17.8 Å². The smallest absolute Gasteiger partial charge is 0.222 e. The fourth-order valence-electron chi connectivity index (χ4n) is 5.31. The maximum Gasteiger partial charge on any atom is 0.222 e. The minimum absolute atomic E-state index is 0.405. The first-order valence-corrected chi connectivity index (χ1v) is 10.9. The summed E-state index contributed by atoms with van der Waals surface area (Å²) in [6, 6.07) is 8.35. The van der Waals surface area contributed by atoms with Crippen LogP contribution in [0.3, 0.4) is 0 Å². The van der Waals surface area contributed by atoms with Gasteiger partial charge in [-0.05, 0) is 49.1 Å². The second-order valence-corrected chi connectivity index (χ2v) is 9.49. The normalized spacial score (nSPS) is 28.9. The SMILES string of the molecule is O=C(C[C@@H]1C[C@@H]2CC[C@@H]1C2)N1CCN(Cc2nc3ccccc3s2)CC1. The fraction of sp³-hybridized carbons (Fsp3) is 0.619. The predicted octanol–water partition coefficient (Wildman–Crippen LogP) is 3.77. The molecule has 3 fully saturated rings. The molecule has 0 spiro atoms. The van der Waals surface area contributed by atoms with Crippen molar-refractivity contribution in [1.29, 1.82) is 0 Å². The van der Waals surface area contributed by atoms with Crippen LogP contribution in [0.15, 0.2) is 24.3 Å². The van der Waals surface area contributed by atoms with Gasteiger partial charge in [0.05, 0.1) is 16.8 Å². The van der Waals surface area contributed by atoms with Crippen molar-refractivity contribution in [3.05, 3.63) is 29.3 Å². The molecule has 0 unspecified atom stereocenters. The Morgan fingerprint density at radius 3 is 2.69 bits per heavy atom. The summed E-state index contributed by atoms with van der Waals surface area (Å²) in [5, 5.41) is 1.19. The predicted molar refractivity (Wildman–Crippen MR) is 105 cm³/mol. The summed E-state index contributed by atoms with van der Waals surface area (Å²) in [7, 11) is 0. The number of carbonyl (C=O) groups is 1. The zero-order chi connectivity index (χ0) is 17.5. The highest BCUT2D eigenvalue weighted by molar-refractivity contribution is 7.18. The van der Waals surface area contributed by atoms with Gasteiger partial charge in [-0.25, -0.2) is 4.98 Å². The summed E-state index contributed by atoms with van der Waals surface area (Å²) >= 11 is 1.79. The van der Waals surface area contributed by atoms with Gasteiger partial charge in [-0.15, -0.1) is 11.3 Å². The molecule has 2 bridgehead atoms. The fourth-order valence-corrected chi connectivity index (χ4v) is 6.32. The highest BCUT2D eigenvalue weighted by atomic mass is 32.1. The lowest BCUT2D eigenvalue weighted by Crippen LogP contribution is -2.48. The number of rotatable bonds is 4. The number of para-hydroxylation sites is 1. The number of piperazine rings is 1. The molecule has 26 heavy (non-hydrogen) atoms. The highest BCUT2D eigenvalue weighted by Crippen LogP contribution is 2.49. The van der Waals surface area contributed by atoms with Crippen LogP contribution in [0.25, 0.3) is 10.2 Å². The molecule has 1 aromatic carbocycles. The summed E-state index contributed by atoms with van der Waals surface area (Å²) < 4.78 is 1.27. The molecule has 1 aliphatic heterocycles. The molecule has 3 atom stereocenters. The molecule has 1 aromatic heterocycles. The van der Waals surface area contributed by atoms with E-state index in [9.17, 15) is 4.79 Å². The van der Waals surface area contributed by atoms with Gasteiger partial charge in [0.15, 0.2) is 0 Å². The van der Waals surface area contributed by atoms with Crippen LogP contribution >= 0.6 is 11.3 Å². The Hall–Kier alpha value is -1.46. The molecule has 0 N–H and O–H groups in total. The molecule has 2 aromatic rings. The van der Waals surface area contributed by atoms with Crippen LogP contribution in [-0.4, -0.2) is 46.9 Å². The number of carbonyl (C=O) groups excluding carboxylic acids is 1. The standard InChI is InChI=1S/C21H27N3OS/c25-21(13-17-12-15-5-6-16(17)11-15)24-9-7-23(8-10-24)14-20-22-18-3-1-2-4-19(18)26-20/h1-4,15-17H,5-14H2/t15-,16-,17+/m1/s1. The molecule has 2 heterocycles. The molecular weight excluding hydrogens is 342 g/mol. The summed E-state index contributed by atoms with van der Waals surface area (Å²) in [5.41, 5.74) is 1.10. The average Bonchev–Trinajstić information content (AvgIpc) is 3.36. The first-order valence-electron chi connectivity index (χ1n) is 10.1. The van der Waals surface area contributed by atoms with E-state index in [4.69, 9.17) is 4.98 Å². The van der Waals surface area contributed by atoms with Crippen molar-refractivity contribution in [3.8, 4) is 0 Å². The van der Waals surface area contributed by atoms with Gasteiger partial charge in [0.25, 0.3) is 0 Å². The Kier molecular flexibility index (Phi) is 4.45. The van der Waals surface area contributed by atoms with Crippen molar-refractivity contribution in [1.82, 2.24) is 14.8 Å². The third-order valence-corrected chi connectivity index (χ3v) is 7.76. The van der Waals surface area contributed by atoms with Crippen molar-refractivity contribution < 1.29 is 4.79 Å². The molecule has 138 valence electrons. The second-order valence-electron chi connectivity index (χ2n) is 8.37.